The molecule has 1 atom stereocenters. The highest BCUT2D eigenvalue weighted by Gasteiger charge is 2.31. The van der Waals surface area contributed by atoms with Crippen LogP contribution in [0.5, 0.6) is 5.75 Å². The van der Waals surface area contributed by atoms with E-state index in [0.29, 0.717) is 25.4 Å². The number of nitrogens with zero attached hydrogens (tertiary/aromatic N) is 1. The Morgan fingerprint density at radius 3 is 2.67 bits per heavy atom. The molecule has 5 heteroatoms. The minimum Gasteiger partial charge on any atom is -0.491 e. The van der Waals surface area contributed by atoms with Crippen LogP contribution < -0.4 is 10.1 Å². The molecule has 0 saturated heterocycles. The van der Waals surface area contributed by atoms with Gasteiger partial charge >= 0.3 is 0 Å². The molecule has 0 aliphatic carbocycles. The second kappa shape index (κ2) is 7.36. The summed E-state index contributed by atoms with van der Waals surface area (Å²) < 4.78 is 11.2. The quantitative estimate of drug-likeness (QED) is 0.828. The Labute approximate surface area is 142 Å². The predicted octanol–water partition coefficient (Wildman–Crippen LogP) is 3.30. The van der Waals surface area contributed by atoms with Crippen molar-refractivity contribution in [2.45, 2.75) is 13.1 Å². The van der Waals surface area contributed by atoms with Crippen LogP contribution in [0.25, 0.3) is 0 Å². The van der Waals surface area contributed by atoms with Crippen LogP contribution >= 0.6 is 0 Å². The van der Waals surface area contributed by atoms with E-state index in [1.54, 1.807) is 11.9 Å². The third kappa shape index (κ3) is 3.21. The summed E-state index contributed by atoms with van der Waals surface area (Å²) in [6.07, 6.45) is -0.268. The molecular weight excluding hydrogens is 304 g/mol. The Hall–Kier alpha value is -2.53. The number of hydrogen-bond donors (Lipinski definition) is 1. The van der Waals surface area contributed by atoms with Crippen LogP contribution in [0, 0.1) is 0 Å². The first kappa shape index (κ1) is 16.3. The molecule has 126 valence electrons. The maximum absolute atomic E-state index is 12.6. The normalized spacial score (nSPS) is 16.5. The van der Waals surface area contributed by atoms with Gasteiger partial charge in [0, 0.05) is 24.9 Å². The van der Waals surface area contributed by atoms with Gasteiger partial charge < -0.3 is 19.7 Å². The average molecular weight is 326 g/mol. The number of anilines is 1. The number of benzene rings is 2. The molecule has 2 aromatic carbocycles. The predicted molar refractivity (Wildman–Crippen MR) is 93.3 cm³/mol. The molecule has 24 heavy (non-hydrogen) atoms. The fourth-order valence-electron chi connectivity index (χ4n) is 2.83. The maximum atomic E-state index is 12.6. The summed E-state index contributed by atoms with van der Waals surface area (Å²) in [5, 5.41) is 3.43. The summed E-state index contributed by atoms with van der Waals surface area (Å²) in [7, 11) is 1.80. The van der Waals surface area contributed by atoms with Crippen molar-refractivity contribution in [2.24, 2.45) is 0 Å². The lowest BCUT2D eigenvalue weighted by Gasteiger charge is -2.36. The Bertz CT molecular complexity index is 717. The van der Waals surface area contributed by atoms with Crippen molar-refractivity contribution in [1.29, 1.82) is 0 Å². The highest BCUT2D eigenvalue weighted by atomic mass is 16.5. The van der Waals surface area contributed by atoms with Crippen molar-refractivity contribution in [3.8, 4) is 5.75 Å². The fourth-order valence-corrected chi connectivity index (χ4v) is 2.83. The Kier molecular flexibility index (Phi) is 5.01. The van der Waals surface area contributed by atoms with Gasteiger partial charge in [0.05, 0.1) is 12.2 Å². The molecule has 0 bridgehead atoms. The number of rotatable bonds is 6. The second-order valence-corrected chi connectivity index (χ2v) is 5.59. The van der Waals surface area contributed by atoms with Crippen molar-refractivity contribution in [3.63, 3.8) is 0 Å². The highest BCUT2D eigenvalue weighted by molar-refractivity contribution is 6.01. The fraction of sp³-hybridized carbons (Fsp3) is 0.316. The van der Waals surface area contributed by atoms with Gasteiger partial charge in [0.25, 0.3) is 5.91 Å². The van der Waals surface area contributed by atoms with E-state index in [1.807, 2.05) is 55.5 Å². The van der Waals surface area contributed by atoms with Gasteiger partial charge in [0.15, 0.2) is 0 Å². The van der Waals surface area contributed by atoms with Gasteiger partial charge in [-0.1, -0.05) is 30.3 Å². The molecule has 0 aromatic heterocycles. The van der Waals surface area contributed by atoms with Gasteiger partial charge in [0.1, 0.15) is 18.5 Å². The molecule has 5 nitrogen and oxygen atoms in total. The lowest BCUT2D eigenvalue weighted by atomic mass is 10.0. The van der Waals surface area contributed by atoms with Crippen LogP contribution in [0.3, 0.4) is 0 Å². The zero-order chi connectivity index (χ0) is 16.9. The van der Waals surface area contributed by atoms with Gasteiger partial charge in [-0.05, 0) is 25.1 Å². The number of ether oxygens (including phenoxy) is 2. The van der Waals surface area contributed by atoms with Crippen molar-refractivity contribution in [2.75, 3.05) is 32.2 Å². The molecule has 3 rings (SSSR count). The molecule has 0 radical (unpaired) electrons. The molecule has 1 N–H and O–H groups in total. The number of hydrogen-bond acceptors (Lipinski definition) is 4. The minimum atomic E-state index is -0.268. The van der Waals surface area contributed by atoms with Crippen LogP contribution in [0.4, 0.5) is 5.69 Å². The summed E-state index contributed by atoms with van der Waals surface area (Å²) in [5.74, 6) is 0.757. The van der Waals surface area contributed by atoms with Crippen molar-refractivity contribution in [1.82, 2.24) is 4.90 Å². The number of amides is 1. The molecule has 0 saturated carbocycles. The Balaban J connectivity index is 1.85. The van der Waals surface area contributed by atoms with Gasteiger partial charge in [-0.2, -0.15) is 0 Å². The lowest BCUT2D eigenvalue weighted by molar-refractivity contribution is 0.0730. The SMILES string of the molecule is CCOCCOc1ccccc1C1Nc2ccccc2C(=O)N1C. The monoisotopic (exact) mass is 326 g/mol. The minimum absolute atomic E-state index is 0.00142. The maximum Gasteiger partial charge on any atom is 0.257 e. The summed E-state index contributed by atoms with van der Waals surface area (Å²) >= 11 is 0. The van der Waals surface area contributed by atoms with E-state index in [-0.39, 0.29) is 12.1 Å². The molecule has 0 fully saturated rings. The van der Waals surface area contributed by atoms with E-state index in [1.165, 1.54) is 0 Å². The van der Waals surface area contributed by atoms with Gasteiger partial charge in [-0.15, -0.1) is 0 Å². The summed E-state index contributed by atoms with van der Waals surface area (Å²) in [4.78, 5) is 14.3. The number of carbonyl (C=O) groups excluding carboxylic acids is 1. The van der Waals surface area contributed by atoms with Crippen LogP contribution in [0.2, 0.25) is 0 Å². The van der Waals surface area contributed by atoms with Crippen LogP contribution in [-0.2, 0) is 4.74 Å². The van der Waals surface area contributed by atoms with Gasteiger partial charge in [-0.25, -0.2) is 0 Å². The van der Waals surface area contributed by atoms with Crippen LogP contribution in [0.15, 0.2) is 48.5 Å². The Morgan fingerprint density at radius 2 is 1.83 bits per heavy atom. The summed E-state index contributed by atoms with van der Waals surface area (Å²) in [6.45, 7) is 3.65. The molecule has 1 aliphatic heterocycles. The highest BCUT2D eigenvalue weighted by Crippen LogP contribution is 2.35. The standard InChI is InChI=1S/C19H22N2O3/c1-3-23-12-13-24-17-11-7-5-9-15(17)18-20-16-10-6-4-8-14(16)19(22)21(18)2/h4-11,18,20H,3,12-13H2,1-2H3. The topological polar surface area (TPSA) is 50.8 Å². The van der Waals surface area contributed by atoms with E-state index in [2.05, 4.69) is 5.32 Å². The van der Waals surface area contributed by atoms with Crippen LogP contribution in [0.1, 0.15) is 29.0 Å². The van der Waals surface area contributed by atoms with Crippen molar-refractivity contribution in [3.05, 3.63) is 59.7 Å². The first-order valence-corrected chi connectivity index (χ1v) is 8.14. The van der Waals surface area contributed by atoms with E-state index >= 15 is 0 Å². The van der Waals surface area contributed by atoms with Crippen molar-refractivity contribution >= 4 is 11.6 Å². The molecule has 1 amide bonds. The number of carbonyl (C=O) groups is 1. The Morgan fingerprint density at radius 1 is 1.08 bits per heavy atom. The smallest absolute Gasteiger partial charge is 0.257 e. The first-order valence-electron chi connectivity index (χ1n) is 8.14. The largest absolute Gasteiger partial charge is 0.491 e. The zero-order valence-corrected chi connectivity index (χ0v) is 14.0. The van der Waals surface area contributed by atoms with E-state index in [0.717, 1.165) is 17.0 Å². The summed E-state index contributed by atoms with van der Waals surface area (Å²) in [5.41, 5.74) is 2.46. The van der Waals surface area contributed by atoms with Crippen LogP contribution in [-0.4, -0.2) is 37.7 Å². The van der Waals surface area contributed by atoms with Gasteiger partial charge in [-0.3, -0.25) is 4.79 Å². The van der Waals surface area contributed by atoms with E-state index in [4.69, 9.17) is 9.47 Å². The number of fused-ring (bicyclic) bond motifs is 1. The van der Waals surface area contributed by atoms with Gasteiger partial charge in [0.2, 0.25) is 0 Å². The second-order valence-electron chi connectivity index (χ2n) is 5.59. The summed E-state index contributed by atoms with van der Waals surface area (Å²) in [6, 6.07) is 15.3. The van der Waals surface area contributed by atoms with Crippen molar-refractivity contribution < 1.29 is 14.3 Å². The third-order valence-electron chi connectivity index (χ3n) is 4.06. The molecule has 0 spiro atoms. The number of para-hydroxylation sites is 2. The molecule has 1 unspecified atom stereocenters. The molecule has 2 aromatic rings. The molecule has 1 heterocycles. The average Bonchev–Trinajstić information content (AvgIpc) is 2.62. The first-order chi connectivity index (χ1) is 11.7. The lowest BCUT2D eigenvalue weighted by Crippen LogP contribution is -2.40. The molecular formula is C19H22N2O3. The van der Waals surface area contributed by atoms with E-state index < -0.39 is 0 Å². The van der Waals surface area contributed by atoms with E-state index in [9.17, 15) is 4.79 Å². The zero-order valence-electron chi connectivity index (χ0n) is 14.0. The molecule has 1 aliphatic rings. The third-order valence-corrected chi connectivity index (χ3v) is 4.06. The number of nitrogens with one attached hydrogen (secondary N) is 1.